The molecule has 7 nitrogen and oxygen atoms in total. The van der Waals surface area contributed by atoms with Crippen molar-refractivity contribution in [1.29, 1.82) is 0 Å². The molecular formula is C21H25N3O4. The van der Waals surface area contributed by atoms with Crippen molar-refractivity contribution < 1.29 is 18.7 Å². The zero-order valence-corrected chi connectivity index (χ0v) is 16.4. The summed E-state index contributed by atoms with van der Waals surface area (Å²) in [6.45, 7) is 4.66. The molecule has 0 atom stereocenters. The van der Waals surface area contributed by atoms with Crippen LogP contribution in [0.1, 0.15) is 56.2 Å². The van der Waals surface area contributed by atoms with Crippen molar-refractivity contribution in [1.82, 2.24) is 10.7 Å². The van der Waals surface area contributed by atoms with E-state index in [9.17, 15) is 9.59 Å². The molecule has 148 valence electrons. The SMILES string of the molecule is COCCNC(=O)c1oc2c(c1C)/C(=N/NC(=O)c1ccc(C)cc1)CCC2. The Hall–Kier alpha value is -2.93. The molecule has 1 aliphatic carbocycles. The lowest BCUT2D eigenvalue weighted by atomic mass is 9.93. The molecule has 1 aromatic heterocycles. The van der Waals surface area contributed by atoms with Crippen molar-refractivity contribution in [2.24, 2.45) is 5.10 Å². The minimum Gasteiger partial charge on any atom is -0.455 e. The van der Waals surface area contributed by atoms with Gasteiger partial charge in [0.05, 0.1) is 12.3 Å². The van der Waals surface area contributed by atoms with Gasteiger partial charge < -0.3 is 14.5 Å². The molecule has 7 heteroatoms. The maximum Gasteiger partial charge on any atom is 0.287 e. The summed E-state index contributed by atoms with van der Waals surface area (Å²) in [4.78, 5) is 24.7. The molecule has 0 aliphatic heterocycles. The summed E-state index contributed by atoms with van der Waals surface area (Å²) in [5, 5.41) is 7.11. The highest BCUT2D eigenvalue weighted by molar-refractivity contribution is 6.07. The number of ether oxygens (including phenoxy) is 1. The third-order valence-electron chi connectivity index (χ3n) is 4.73. The number of benzene rings is 1. The van der Waals surface area contributed by atoms with Gasteiger partial charge in [-0.2, -0.15) is 5.10 Å². The Balaban J connectivity index is 1.78. The van der Waals surface area contributed by atoms with Gasteiger partial charge in [0.15, 0.2) is 5.76 Å². The van der Waals surface area contributed by atoms with Crippen LogP contribution in [0.25, 0.3) is 0 Å². The molecule has 0 bridgehead atoms. The van der Waals surface area contributed by atoms with E-state index in [1.54, 1.807) is 19.2 Å². The Morgan fingerprint density at radius 2 is 1.89 bits per heavy atom. The van der Waals surface area contributed by atoms with Crippen molar-refractivity contribution in [3.63, 3.8) is 0 Å². The second kappa shape index (κ2) is 8.84. The van der Waals surface area contributed by atoms with Gasteiger partial charge in [0.2, 0.25) is 0 Å². The van der Waals surface area contributed by atoms with E-state index in [1.807, 2.05) is 26.0 Å². The maximum atomic E-state index is 12.4. The molecule has 2 aromatic rings. The quantitative estimate of drug-likeness (QED) is 0.593. The molecular weight excluding hydrogens is 358 g/mol. The van der Waals surface area contributed by atoms with Crippen LogP contribution in [0, 0.1) is 13.8 Å². The van der Waals surface area contributed by atoms with E-state index in [0.717, 1.165) is 41.0 Å². The zero-order chi connectivity index (χ0) is 20.1. The van der Waals surface area contributed by atoms with Gasteiger partial charge in [0, 0.05) is 36.8 Å². The smallest absolute Gasteiger partial charge is 0.287 e. The number of rotatable bonds is 6. The number of fused-ring (bicyclic) bond motifs is 1. The Kier molecular flexibility index (Phi) is 6.26. The lowest BCUT2D eigenvalue weighted by molar-refractivity contribution is 0.0906. The number of hydrogen-bond donors (Lipinski definition) is 2. The topological polar surface area (TPSA) is 92.9 Å². The number of amides is 2. The summed E-state index contributed by atoms with van der Waals surface area (Å²) < 4.78 is 10.8. The van der Waals surface area contributed by atoms with Crippen molar-refractivity contribution in [2.75, 3.05) is 20.3 Å². The number of nitrogens with zero attached hydrogens (tertiary/aromatic N) is 1. The number of hydrogen-bond acceptors (Lipinski definition) is 5. The number of furan rings is 1. The van der Waals surface area contributed by atoms with Gasteiger partial charge in [0.1, 0.15) is 5.76 Å². The fourth-order valence-electron chi connectivity index (χ4n) is 3.23. The Labute approximate surface area is 164 Å². The molecule has 3 rings (SSSR count). The fraction of sp³-hybridized carbons (Fsp3) is 0.381. The molecule has 1 aromatic carbocycles. The van der Waals surface area contributed by atoms with Gasteiger partial charge in [-0.15, -0.1) is 0 Å². The van der Waals surface area contributed by atoms with Crippen LogP contribution in [0.5, 0.6) is 0 Å². The highest BCUT2D eigenvalue weighted by Crippen LogP contribution is 2.29. The fourth-order valence-corrected chi connectivity index (χ4v) is 3.23. The van der Waals surface area contributed by atoms with Crippen molar-refractivity contribution in [2.45, 2.75) is 33.1 Å². The molecule has 1 heterocycles. The normalized spacial score (nSPS) is 14.6. The largest absolute Gasteiger partial charge is 0.455 e. The van der Waals surface area contributed by atoms with Crippen molar-refractivity contribution in [3.8, 4) is 0 Å². The second-order valence-electron chi connectivity index (χ2n) is 6.82. The molecule has 0 unspecified atom stereocenters. The van der Waals surface area contributed by atoms with E-state index >= 15 is 0 Å². The average molecular weight is 383 g/mol. The molecule has 0 fully saturated rings. The number of nitrogens with one attached hydrogen (secondary N) is 2. The Morgan fingerprint density at radius 3 is 2.61 bits per heavy atom. The van der Waals surface area contributed by atoms with Crippen LogP contribution >= 0.6 is 0 Å². The van der Waals surface area contributed by atoms with E-state index in [4.69, 9.17) is 9.15 Å². The number of carbonyl (C=O) groups excluding carboxylic acids is 2. The first-order valence-electron chi connectivity index (χ1n) is 9.34. The average Bonchev–Trinajstić information content (AvgIpc) is 3.04. The zero-order valence-electron chi connectivity index (χ0n) is 16.4. The monoisotopic (exact) mass is 383 g/mol. The van der Waals surface area contributed by atoms with Gasteiger partial charge in [-0.25, -0.2) is 5.43 Å². The van der Waals surface area contributed by atoms with Gasteiger partial charge in [-0.1, -0.05) is 17.7 Å². The minimum absolute atomic E-state index is 0.265. The summed E-state index contributed by atoms with van der Waals surface area (Å²) in [5.41, 5.74) is 6.57. The Morgan fingerprint density at radius 1 is 1.14 bits per heavy atom. The van der Waals surface area contributed by atoms with E-state index in [1.165, 1.54) is 0 Å². The predicted molar refractivity (Wildman–Crippen MR) is 106 cm³/mol. The number of aryl methyl sites for hydroxylation is 2. The van der Waals surface area contributed by atoms with Crippen LogP contribution in [0.4, 0.5) is 0 Å². The maximum absolute atomic E-state index is 12.4. The van der Waals surface area contributed by atoms with Gasteiger partial charge in [0.25, 0.3) is 11.8 Å². The summed E-state index contributed by atoms with van der Waals surface area (Å²) in [5.74, 6) is 0.495. The second-order valence-corrected chi connectivity index (χ2v) is 6.82. The van der Waals surface area contributed by atoms with Crippen molar-refractivity contribution >= 4 is 17.5 Å². The first-order valence-corrected chi connectivity index (χ1v) is 9.34. The van der Waals surface area contributed by atoms with E-state index in [0.29, 0.717) is 30.9 Å². The van der Waals surface area contributed by atoms with E-state index in [2.05, 4.69) is 15.8 Å². The summed E-state index contributed by atoms with van der Waals surface area (Å²) in [6, 6.07) is 7.30. The lowest BCUT2D eigenvalue weighted by Gasteiger charge is -2.13. The Bertz CT molecular complexity index is 897. The predicted octanol–water partition coefficient (Wildman–Crippen LogP) is 2.74. The third kappa shape index (κ3) is 4.31. The molecule has 28 heavy (non-hydrogen) atoms. The summed E-state index contributed by atoms with van der Waals surface area (Å²) >= 11 is 0. The third-order valence-corrected chi connectivity index (χ3v) is 4.73. The van der Waals surface area contributed by atoms with Crippen molar-refractivity contribution in [3.05, 3.63) is 58.0 Å². The molecule has 0 saturated heterocycles. The molecule has 0 saturated carbocycles. The molecule has 2 N–H and O–H groups in total. The number of methoxy groups -OCH3 is 1. The van der Waals surface area contributed by atoms with Crippen LogP contribution in [-0.2, 0) is 11.2 Å². The molecule has 0 radical (unpaired) electrons. The molecule has 2 amide bonds. The summed E-state index contributed by atoms with van der Waals surface area (Å²) in [6.07, 6.45) is 2.31. The van der Waals surface area contributed by atoms with Crippen LogP contribution in [0.15, 0.2) is 33.8 Å². The first kappa shape index (κ1) is 19.8. The van der Waals surface area contributed by atoms with Gasteiger partial charge >= 0.3 is 0 Å². The van der Waals surface area contributed by atoms with E-state index < -0.39 is 0 Å². The first-order chi connectivity index (χ1) is 13.5. The number of hydrazone groups is 1. The summed E-state index contributed by atoms with van der Waals surface area (Å²) in [7, 11) is 1.58. The molecule has 1 aliphatic rings. The lowest BCUT2D eigenvalue weighted by Crippen LogP contribution is -2.27. The minimum atomic E-state index is -0.271. The standard InChI is InChI=1S/C21H25N3O4/c1-13-7-9-15(10-8-13)20(25)24-23-16-5-4-6-17-18(16)14(2)19(28-17)21(26)22-11-12-27-3/h7-10H,4-6,11-12H2,1-3H3,(H,22,26)(H,24,25)/b23-16+. The van der Waals surface area contributed by atoms with Crippen LogP contribution < -0.4 is 10.7 Å². The van der Waals surface area contributed by atoms with Gasteiger partial charge in [-0.05, 0) is 38.8 Å². The molecule has 0 spiro atoms. The number of carbonyl (C=O) groups is 2. The van der Waals surface area contributed by atoms with Gasteiger partial charge in [-0.3, -0.25) is 9.59 Å². The van der Waals surface area contributed by atoms with Crippen LogP contribution in [0.3, 0.4) is 0 Å². The highest BCUT2D eigenvalue weighted by Gasteiger charge is 2.28. The van der Waals surface area contributed by atoms with E-state index in [-0.39, 0.29) is 11.8 Å². The highest BCUT2D eigenvalue weighted by atomic mass is 16.5. The van der Waals surface area contributed by atoms with Crippen LogP contribution in [0.2, 0.25) is 0 Å². The van der Waals surface area contributed by atoms with Crippen LogP contribution in [-0.4, -0.2) is 37.8 Å².